The van der Waals surface area contributed by atoms with Crippen molar-refractivity contribution < 1.29 is 22.3 Å². The van der Waals surface area contributed by atoms with E-state index in [4.69, 9.17) is 4.74 Å². The Labute approximate surface area is 192 Å². The van der Waals surface area contributed by atoms with Crippen molar-refractivity contribution in [2.24, 2.45) is 0 Å². The minimum atomic E-state index is -3.46. The van der Waals surface area contributed by atoms with Gasteiger partial charge in [0.15, 0.2) is 15.7 Å². The molecule has 2 aromatic rings. The minimum Gasteiger partial charge on any atom is -0.447 e. The molecular formula is C21H29FN6O4S. The van der Waals surface area contributed by atoms with E-state index >= 15 is 0 Å². The molecule has 0 radical (unpaired) electrons. The van der Waals surface area contributed by atoms with Gasteiger partial charge in [-0.3, -0.25) is 0 Å². The number of carbonyl (C=O) groups is 1. The molecule has 0 unspecified atom stereocenters. The molecule has 2 aliphatic rings. The number of carbonyl (C=O) groups excluding carboxylic acids is 1. The fraction of sp³-hybridized carbons (Fsp3) is 0.619. The second kappa shape index (κ2) is 9.24. The summed E-state index contributed by atoms with van der Waals surface area (Å²) < 4.78 is 43.1. The van der Waals surface area contributed by atoms with Crippen LogP contribution in [0.3, 0.4) is 0 Å². The zero-order valence-electron chi connectivity index (χ0n) is 19.0. The van der Waals surface area contributed by atoms with Gasteiger partial charge in [-0.05, 0) is 56.5 Å². The summed E-state index contributed by atoms with van der Waals surface area (Å²) in [7, 11) is -3.46. The number of amides is 1. The van der Waals surface area contributed by atoms with Crippen molar-refractivity contribution in [3.05, 3.63) is 29.8 Å². The summed E-state index contributed by atoms with van der Waals surface area (Å²) in [6.07, 6.45) is 2.84. The Kier molecular flexibility index (Phi) is 6.55. The highest BCUT2D eigenvalue weighted by Gasteiger charge is 2.31. The largest absolute Gasteiger partial charge is 0.447 e. The van der Waals surface area contributed by atoms with E-state index in [9.17, 15) is 17.6 Å². The molecule has 0 spiro atoms. The Hall–Kier alpha value is -2.76. The summed E-state index contributed by atoms with van der Waals surface area (Å²) >= 11 is 0. The summed E-state index contributed by atoms with van der Waals surface area (Å²) in [6, 6.07) is 3.94. The maximum absolute atomic E-state index is 14.6. The van der Waals surface area contributed by atoms with Crippen molar-refractivity contribution >= 4 is 21.6 Å². The maximum Gasteiger partial charge on any atom is 0.410 e. The molecule has 1 aromatic heterocycles. The number of rotatable bonds is 5. The Morgan fingerprint density at radius 2 is 1.91 bits per heavy atom. The lowest BCUT2D eigenvalue weighted by Crippen LogP contribution is -2.39. The number of ether oxygens (including phenoxy) is 1. The van der Waals surface area contributed by atoms with Gasteiger partial charge in [0, 0.05) is 38.4 Å². The average Bonchev–Trinajstić information content (AvgIpc) is 3.42. The van der Waals surface area contributed by atoms with E-state index in [-0.39, 0.29) is 29.1 Å². The van der Waals surface area contributed by atoms with E-state index in [1.807, 2.05) is 18.7 Å². The molecular weight excluding hydrogens is 451 g/mol. The van der Waals surface area contributed by atoms with Crippen LogP contribution in [0.15, 0.2) is 23.1 Å². The molecule has 0 aliphatic carbocycles. The number of sulfone groups is 1. The van der Waals surface area contributed by atoms with Crippen molar-refractivity contribution in [1.82, 2.24) is 25.1 Å². The number of likely N-dealkylation sites (tertiary alicyclic amines) is 1. The van der Waals surface area contributed by atoms with Gasteiger partial charge in [0.2, 0.25) is 0 Å². The van der Waals surface area contributed by atoms with E-state index in [1.165, 1.54) is 12.1 Å². The first-order valence-corrected chi connectivity index (χ1v) is 13.0. The standard InChI is InChI=1S/C21H29FN6O4S/c1-14(2)32-21(29)26-9-6-15(7-10-26)20-23-25-28(24-20)16-8-11-27(13-16)19-5-4-17(12-18(19)22)33(3,30)31/h4-5,12,14-16H,6-11,13H2,1-3H3/t16-/m0/s1. The van der Waals surface area contributed by atoms with Gasteiger partial charge in [0.1, 0.15) is 5.82 Å². The summed E-state index contributed by atoms with van der Waals surface area (Å²) in [5.41, 5.74) is 0.367. The van der Waals surface area contributed by atoms with Crippen molar-refractivity contribution in [3.63, 3.8) is 0 Å². The van der Waals surface area contributed by atoms with Crippen LogP contribution < -0.4 is 4.90 Å². The SMILES string of the molecule is CC(C)OC(=O)N1CCC(c2nnn([C@H]3CCN(c4ccc(S(C)(=O)=O)cc4F)C3)n2)CC1. The lowest BCUT2D eigenvalue weighted by atomic mass is 9.96. The highest BCUT2D eigenvalue weighted by molar-refractivity contribution is 7.90. The molecule has 0 N–H and O–H groups in total. The van der Waals surface area contributed by atoms with E-state index in [0.717, 1.165) is 31.6 Å². The number of halogens is 1. The number of piperidine rings is 1. The monoisotopic (exact) mass is 480 g/mol. The highest BCUT2D eigenvalue weighted by atomic mass is 32.2. The molecule has 0 saturated carbocycles. The zero-order chi connectivity index (χ0) is 23.8. The summed E-state index contributed by atoms with van der Waals surface area (Å²) in [5.74, 6) is 0.225. The fourth-order valence-electron chi connectivity index (χ4n) is 4.27. The third kappa shape index (κ3) is 5.26. The maximum atomic E-state index is 14.6. The first-order valence-electron chi connectivity index (χ1n) is 11.1. The quantitative estimate of drug-likeness (QED) is 0.642. The summed E-state index contributed by atoms with van der Waals surface area (Å²) in [5, 5.41) is 13.1. The topological polar surface area (TPSA) is 111 Å². The molecule has 2 saturated heterocycles. The van der Waals surface area contributed by atoms with Gasteiger partial charge in [0.05, 0.1) is 22.7 Å². The predicted octanol–water partition coefficient (Wildman–Crippen LogP) is 2.39. The van der Waals surface area contributed by atoms with Crippen molar-refractivity contribution in [3.8, 4) is 0 Å². The Morgan fingerprint density at radius 3 is 2.55 bits per heavy atom. The minimum absolute atomic E-state index is 0.0365. The zero-order valence-corrected chi connectivity index (χ0v) is 19.8. The molecule has 10 nitrogen and oxygen atoms in total. The molecule has 1 atom stereocenters. The number of anilines is 1. The van der Waals surface area contributed by atoms with E-state index in [1.54, 1.807) is 9.70 Å². The normalized spacial score (nSPS) is 20.0. The van der Waals surface area contributed by atoms with Gasteiger partial charge in [-0.1, -0.05) is 0 Å². The molecule has 12 heteroatoms. The highest BCUT2D eigenvalue weighted by Crippen LogP contribution is 2.31. The summed E-state index contributed by atoms with van der Waals surface area (Å²) in [6.45, 7) is 5.94. The van der Waals surface area contributed by atoms with Gasteiger partial charge >= 0.3 is 6.09 Å². The molecule has 0 bridgehead atoms. The van der Waals surface area contributed by atoms with E-state index in [0.29, 0.717) is 37.7 Å². The molecule has 2 fully saturated rings. The van der Waals surface area contributed by atoms with Crippen LogP contribution in [0.5, 0.6) is 0 Å². The second-order valence-corrected chi connectivity index (χ2v) is 11.0. The molecule has 3 heterocycles. The molecule has 2 aliphatic heterocycles. The Bertz CT molecular complexity index is 1110. The van der Waals surface area contributed by atoms with Crippen molar-refractivity contribution in [1.29, 1.82) is 0 Å². The van der Waals surface area contributed by atoms with Gasteiger partial charge in [-0.15, -0.1) is 10.2 Å². The smallest absolute Gasteiger partial charge is 0.410 e. The number of aromatic nitrogens is 4. The first kappa shape index (κ1) is 23.4. The van der Waals surface area contributed by atoms with Gasteiger partial charge in [-0.25, -0.2) is 17.6 Å². The lowest BCUT2D eigenvalue weighted by molar-refractivity contribution is 0.0688. The Morgan fingerprint density at radius 1 is 1.18 bits per heavy atom. The van der Waals surface area contributed by atoms with Crippen LogP contribution in [0, 0.1) is 5.82 Å². The average molecular weight is 481 g/mol. The molecule has 1 amide bonds. The third-order valence-electron chi connectivity index (χ3n) is 6.08. The summed E-state index contributed by atoms with van der Waals surface area (Å²) in [4.78, 5) is 17.2. The van der Waals surface area contributed by atoms with Crippen LogP contribution in [-0.2, 0) is 14.6 Å². The van der Waals surface area contributed by atoms with Crippen LogP contribution in [-0.4, -0.2) is 78.2 Å². The van der Waals surface area contributed by atoms with E-state index < -0.39 is 15.7 Å². The molecule has 33 heavy (non-hydrogen) atoms. The van der Waals surface area contributed by atoms with Gasteiger partial charge in [-0.2, -0.15) is 4.80 Å². The molecule has 4 rings (SSSR count). The van der Waals surface area contributed by atoms with Crippen LogP contribution in [0.1, 0.15) is 50.9 Å². The molecule has 180 valence electrons. The van der Waals surface area contributed by atoms with Crippen molar-refractivity contribution in [2.75, 3.05) is 37.3 Å². The van der Waals surface area contributed by atoms with Crippen molar-refractivity contribution in [2.45, 2.75) is 56.1 Å². The van der Waals surface area contributed by atoms with Crippen LogP contribution in [0.4, 0.5) is 14.9 Å². The van der Waals surface area contributed by atoms with Gasteiger partial charge < -0.3 is 14.5 Å². The number of nitrogens with zero attached hydrogens (tertiary/aromatic N) is 6. The van der Waals surface area contributed by atoms with E-state index in [2.05, 4.69) is 15.4 Å². The van der Waals surface area contributed by atoms with Crippen LogP contribution >= 0.6 is 0 Å². The Balaban J connectivity index is 1.36. The predicted molar refractivity (Wildman–Crippen MR) is 118 cm³/mol. The van der Waals surface area contributed by atoms with Crippen LogP contribution in [0.25, 0.3) is 0 Å². The number of hydrogen-bond acceptors (Lipinski definition) is 8. The lowest BCUT2D eigenvalue weighted by Gasteiger charge is -2.30. The fourth-order valence-corrected chi connectivity index (χ4v) is 4.91. The number of tetrazole rings is 1. The third-order valence-corrected chi connectivity index (χ3v) is 7.19. The van der Waals surface area contributed by atoms with Crippen LogP contribution in [0.2, 0.25) is 0 Å². The number of hydrogen-bond donors (Lipinski definition) is 0. The first-order chi connectivity index (χ1) is 15.6. The molecule has 1 aromatic carbocycles. The van der Waals surface area contributed by atoms with Gasteiger partial charge in [0.25, 0.3) is 0 Å². The number of benzene rings is 1. The second-order valence-electron chi connectivity index (χ2n) is 8.94.